The Bertz CT molecular complexity index is 582. The maximum Gasteiger partial charge on any atom is 0.168 e. The van der Waals surface area contributed by atoms with Crippen molar-refractivity contribution in [3.8, 4) is 0 Å². The highest BCUT2D eigenvalue weighted by molar-refractivity contribution is 5.97. The van der Waals surface area contributed by atoms with Crippen LogP contribution in [0.3, 0.4) is 0 Å². The van der Waals surface area contributed by atoms with Gasteiger partial charge in [-0.05, 0) is 31.9 Å². The highest BCUT2D eigenvalue weighted by Crippen LogP contribution is 2.15. The standard InChI is InChI=1S/C17H22N2O/c1-4-16(5-2)19-10-9-15(18-19)12-17(20)14-8-6-7-13(3)11-14/h6-11,16H,4-5,12H2,1-3H3. The third-order valence-electron chi connectivity index (χ3n) is 3.66. The van der Waals surface area contributed by atoms with Crippen molar-refractivity contribution < 1.29 is 4.79 Å². The number of Topliss-reactive ketones (excluding diaryl/α,β-unsaturated/α-hetero) is 1. The fraction of sp³-hybridized carbons (Fsp3) is 0.412. The second kappa shape index (κ2) is 6.51. The summed E-state index contributed by atoms with van der Waals surface area (Å²) >= 11 is 0. The SMILES string of the molecule is CCC(CC)n1ccc(CC(=O)c2cccc(C)c2)n1. The summed E-state index contributed by atoms with van der Waals surface area (Å²) < 4.78 is 1.98. The molecule has 1 aromatic carbocycles. The van der Waals surface area contributed by atoms with Crippen LogP contribution in [0, 0.1) is 6.92 Å². The molecular formula is C17H22N2O. The topological polar surface area (TPSA) is 34.9 Å². The molecule has 20 heavy (non-hydrogen) atoms. The van der Waals surface area contributed by atoms with Gasteiger partial charge in [0.2, 0.25) is 0 Å². The van der Waals surface area contributed by atoms with E-state index in [0.717, 1.165) is 29.7 Å². The van der Waals surface area contributed by atoms with E-state index in [1.165, 1.54) is 0 Å². The summed E-state index contributed by atoms with van der Waals surface area (Å²) in [6.07, 6.45) is 4.47. The van der Waals surface area contributed by atoms with Crippen LogP contribution in [-0.4, -0.2) is 15.6 Å². The Morgan fingerprint density at radius 3 is 2.65 bits per heavy atom. The van der Waals surface area contributed by atoms with E-state index in [1.54, 1.807) is 0 Å². The largest absolute Gasteiger partial charge is 0.294 e. The number of carbonyl (C=O) groups is 1. The molecule has 0 saturated heterocycles. The highest BCUT2D eigenvalue weighted by Gasteiger charge is 2.12. The molecule has 0 aliphatic rings. The Morgan fingerprint density at radius 1 is 1.25 bits per heavy atom. The average Bonchev–Trinajstić information content (AvgIpc) is 2.88. The van der Waals surface area contributed by atoms with Gasteiger partial charge < -0.3 is 0 Å². The van der Waals surface area contributed by atoms with Gasteiger partial charge in [-0.25, -0.2) is 0 Å². The van der Waals surface area contributed by atoms with E-state index in [4.69, 9.17) is 0 Å². The highest BCUT2D eigenvalue weighted by atomic mass is 16.1. The summed E-state index contributed by atoms with van der Waals surface area (Å²) in [4.78, 5) is 12.2. The van der Waals surface area contributed by atoms with E-state index in [2.05, 4.69) is 18.9 Å². The maximum absolute atomic E-state index is 12.2. The second-order valence-electron chi connectivity index (χ2n) is 5.23. The average molecular weight is 270 g/mol. The Hall–Kier alpha value is -1.90. The third kappa shape index (κ3) is 3.35. The molecule has 0 unspecified atom stereocenters. The molecule has 0 amide bonds. The van der Waals surface area contributed by atoms with Gasteiger partial charge in [-0.2, -0.15) is 5.10 Å². The number of benzene rings is 1. The monoisotopic (exact) mass is 270 g/mol. The smallest absolute Gasteiger partial charge is 0.168 e. The van der Waals surface area contributed by atoms with Gasteiger partial charge in [0, 0.05) is 11.8 Å². The van der Waals surface area contributed by atoms with Crippen LogP contribution in [0.4, 0.5) is 0 Å². The van der Waals surface area contributed by atoms with Gasteiger partial charge in [-0.15, -0.1) is 0 Å². The molecule has 2 aromatic rings. The van der Waals surface area contributed by atoms with Gasteiger partial charge >= 0.3 is 0 Å². The Labute approximate surface area is 120 Å². The molecule has 1 heterocycles. The first-order chi connectivity index (χ1) is 9.63. The molecule has 1 aromatic heterocycles. The van der Waals surface area contributed by atoms with Crippen molar-refractivity contribution in [2.24, 2.45) is 0 Å². The number of aromatic nitrogens is 2. The van der Waals surface area contributed by atoms with Gasteiger partial charge in [0.15, 0.2) is 5.78 Å². The van der Waals surface area contributed by atoms with Crippen LogP contribution < -0.4 is 0 Å². The molecule has 0 fully saturated rings. The lowest BCUT2D eigenvalue weighted by Crippen LogP contribution is -2.09. The van der Waals surface area contributed by atoms with Crippen LogP contribution in [0.5, 0.6) is 0 Å². The van der Waals surface area contributed by atoms with Crippen molar-refractivity contribution in [3.63, 3.8) is 0 Å². The molecule has 0 saturated carbocycles. The van der Waals surface area contributed by atoms with E-state index in [-0.39, 0.29) is 5.78 Å². The molecule has 0 N–H and O–H groups in total. The van der Waals surface area contributed by atoms with Crippen LogP contribution in [0.2, 0.25) is 0 Å². The summed E-state index contributed by atoms with van der Waals surface area (Å²) in [5.74, 6) is 0.128. The first-order valence-corrected chi connectivity index (χ1v) is 7.28. The molecule has 0 spiro atoms. The molecule has 3 nitrogen and oxygen atoms in total. The maximum atomic E-state index is 12.2. The lowest BCUT2D eigenvalue weighted by atomic mass is 10.0. The van der Waals surface area contributed by atoms with E-state index in [1.807, 2.05) is 48.1 Å². The lowest BCUT2D eigenvalue weighted by Gasteiger charge is -2.12. The first kappa shape index (κ1) is 14.5. The summed E-state index contributed by atoms with van der Waals surface area (Å²) in [6.45, 7) is 6.32. The van der Waals surface area contributed by atoms with Gasteiger partial charge in [0.1, 0.15) is 0 Å². The van der Waals surface area contributed by atoms with Gasteiger partial charge in [-0.3, -0.25) is 9.48 Å². The lowest BCUT2D eigenvalue weighted by molar-refractivity contribution is 0.0991. The van der Waals surface area contributed by atoms with E-state index in [9.17, 15) is 4.79 Å². The van der Waals surface area contributed by atoms with Crippen molar-refractivity contribution in [2.45, 2.75) is 46.1 Å². The summed E-state index contributed by atoms with van der Waals surface area (Å²) in [5.41, 5.74) is 2.73. The summed E-state index contributed by atoms with van der Waals surface area (Å²) in [7, 11) is 0. The predicted octanol–water partition coefficient (Wildman–Crippen LogP) is 3.98. The molecule has 3 heteroatoms. The third-order valence-corrected chi connectivity index (χ3v) is 3.66. The van der Waals surface area contributed by atoms with Crippen molar-refractivity contribution in [2.75, 3.05) is 0 Å². The van der Waals surface area contributed by atoms with Crippen LogP contribution >= 0.6 is 0 Å². The molecule has 0 aliphatic heterocycles. The fourth-order valence-electron chi connectivity index (χ4n) is 2.42. The quantitative estimate of drug-likeness (QED) is 0.744. The van der Waals surface area contributed by atoms with E-state index < -0.39 is 0 Å². The van der Waals surface area contributed by atoms with Crippen LogP contribution in [0.25, 0.3) is 0 Å². The number of hydrogen-bond donors (Lipinski definition) is 0. The van der Waals surface area contributed by atoms with Gasteiger partial charge in [0.05, 0.1) is 18.2 Å². The van der Waals surface area contributed by atoms with Crippen molar-refractivity contribution >= 4 is 5.78 Å². The minimum Gasteiger partial charge on any atom is -0.294 e. The molecule has 0 aliphatic carbocycles. The fourth-order valence-corrected chi connectivity index (χ4v) is 2.42. The van der Waals surface area contributed by atoms with Gasteiger partial charge in [0.25, 0.3) is 0 Å². The normalized spacial score (nSPS) is 11.0. The molecule has 0 atom stereocenters. The van der Waals surface area contributed by atoms with Crippen LogP contribution in [-0.2, 0) is 6.42 Å². The zero-order valence-corrected chi connectivity index (χ0v) is 12.5. The zero-order chi connectivity index (χ0) is 14.5. The summed E-state index contributed by atoms with van der Waals surface area (Å²) in [6, 6.07) is 10.1. The minimum atomic E-state index is 0.128. The minimum absolute atomic E-state index is 0.128. The predicted molar refractivity (Wildman–Crippen MR) is 81.1 cm³/mol. The molecule has 0 bridgehead atoms. The Kier molecular flexibility index (Phi) is 4.72. The summed E-state index contributed by atoms with van der Waals surface area (Å²) in [5, 5.41) is 4.54. The number of carbonyl (C=O) groups excluding carboxylic acids is 1. The first-order valence-electron chi connectivity index (χ1n) is 7.28. The van der Waals surface area contributed by atoms with Crippen LogP contribution in [0.1, 0.15) is 54.3 Å². The van der Waals surface area contributed by atoms with E-state index in [0.29, 0.717) is 12.5 Å². The second-order valence-corrected chi connectivity index (χ2v) is 5.23. The Morgan fingerprint density at radius 2 is 2.00 bits per heavy atom. The van der Waals surface area contributed by atoms with Crippen molar-refractivity contribution in [1.82, 2.24) is 9.78 Å². The van der Waals surface area contributed by atoms with E-state index >= 15 is 0 Å². The molecule has 106 valence electrons. The van der Waals surface area contributed by atoms with Crippen molar-refractivity contribution in [3.05, 3.63) is 53.3 Å². The molecule has 0 radical (unpaired) electrons. The number of rotatable bonds is 6. The Balaban J connectivity index is 2.09. The molecular weight excluding hydrogens is 248 g/mol. The number of nitrogens with zero attached hydrogens (tertiary/aromatic N) is 2. The van der Waals surface area contributed by atoms with Crippen LogP contribution in [0.15, 0.2) is 36.5 Å². The number of aryl methyl sites for hydroxylation is 1. The van der Waals surface area contributed by atoms with Gasteiger partial charge in [-0.1, -0.05) is 37.6 Å². The molecule has 2 rings (SSSR count). The number of ketones is 1. The number of hydrogen-bond acceptors (Lipinski definition) is 2. The zero-order valence-electron chi connectivity index (χ0n) is 12.5. The van der Waals surface area contributed by atoms with Crippen molar-refractivity contribution in [1.29, 1.82) is 0 Å².